The van der Waals surface area contributed by atoms with Gasteiger partial charge in [0.1, 0.15) is 5.75 Å². The van der Waals surface area contributed by atoms with Crippen LogP contribution >= 0.6 is 0 Å². The van der Waals surface area contributed by atoms with Crippen LogP contribution in [0.5, 0.6) is 5.75 Å². The van der Waals surface area contributed by atoms with E-state index < -0.39 is 0 Å². The Balaban J connectivity index is 1.27. The average molecular weight is 437 g/mol. The molecule has 0 spiro atoms. The van der Waals surface area contributed by atoms with Gasteiger partial charge in [0, 0.05) is 11.4 Å². The van der Waals surface area contributed by atoms with Crippen LogP contribution in [0, 0.1) is 0 Å². The van der Waals surface area contributed by atoms with Gasteiger partial charge < -0.3 is 15.4 Å². The van der Waals surface area contributed by atoms with Crippen molar-refractivity contribution >= 4 is 23.2 Å². The molecule has 5 nitrogen and oxygen atoms in total. The number of rotatable bonds is 8. The van der Waals surface area contributed by atoms with Gasteiger partial charge in [0.05, 0.1) is 6.42 Å². The predicted molar refractivity (Wildman–Crippen MR) is 131 cm³/mol. The number of carbonyl (C=O) groups is 2. The van der Waals surface area contributed by atoms with Gasteiger partial charge in [-0.3, -0.25) is 9.59 Å². The summed E-state index contributed by atoms with van der Waals surface area (Å²) in [4.78, 5) is 24.6. The number of benzene rings is 4. The lowest BCUT2D eigenvalue weighted by molar-refractivity contribution is -0.118. The van der Waals surface area contributed by atoms with Crippen molar-refractivity contribution in [3.8, 4) is 16.9 Å². The summed E-state index contributed by atoms with van der Waals surface area (Å²) in [5.74, 6) is 0.216. The third kappa shape index (κ3) is 6.55. The second-order valence-corrected chi connectivity index (χ2v) is 7.52. The van der Waals surface area contributed by atoms with Gasteiger partial charge in [0.25, 0.3) is 5.91 Å². The summed E-state index contributed by atoms with van der Waals surface area (Å²) in [6.07, 6.45) is 0.286. The lowest BCUT2D eigenvalue weighted by Crippen LogP contribution is -2.20. The third-order valence-corrected chi connectivity index (χ3v) is 4.97. The molecule has 33 heavy (non-hydrogen) atoms. The van der Waals surface area contributed by atoms with Gasteiger partial charge in [-0.2, -0.15) is 0 Å². The standard InChI is InChI=1S/C28H24N2O3/c31-27(18-21-8-3-1-4-9-21)29-24-12-7-13-25(19-24)30-28(32)20-33-26-16-14-23(15-17-26)22-10-5-2-6-11-22/h1-17,19H,18,20H2,(H,29,31)(H,30,32). The topological polar surface area (TPSA) is 67.4 Å². The second-order valence-electron chi connectivity index (χ2n) is 7.52. The highest BCUT2D eigenvalue weighted by molar-refractivity contribution is 5.95. The zero-order valence-electron chi connectivity index (χ0n) is 18.0. The molecule has 4 aromatic carbocycles. The van der Waals surface area contributed by atoms with Crippen molar-refractivity contribution in [2.45, 2.75) is 6.42 Å². The molecule has 0 saturated carbocycles. The Bertz CT molecular complexity index is 1210. The van der Waals surface area contributed by atoms with E-state index in [4.69, 9.17) is 4.74 Å². The minimum absolute atomic E-state index is 0.116. The van der Waals surface area contributed by atoms with Crippen LogP contribution in [0.2, 0.25) is 0 Å². The summed E-state index contributed by atoms with van der Waals surface area (Å²) in [6.45, 7) is -0.116. The fourth-order valence-corrected chi connectivity index (χ4v) is 3.38. The Morgan fingerprint density at radius 3 is 1.85 bits per heavy atom. The van der Waals surface area contributed by atoms with E-state index in [2.05, 4.69) is 10.6 Å². The van der Waals surface area contributed by atoms with E-state index in [-0.39, 0.29) is 24.8 Å². The number of ether oxygens (including phenoxy) is 1. The molecular formula is C28H24N2O3. The highest BCUT2D eigenvalue weighted by atomic mass is 16.5. The van der Waals surface area contributed by atoms with Crippen LogP contribution in [0.25, 0.3) is 11.1 Å². The number of carbonyl (C=O) groups excluding carboxylic acids is 2. The first-order valence-corrected chi connectivity index (χ1v) is 10.7. The lowest BCUT2D eigenvalue weighted by Gasteiger charge is -2.10. The van der Waals surface area contributed by atoms with E-state index >= 15 is 0 Å². The maximum absolute atomic E-state index is 12.3. The Labute approximate surface area is 193 Å². The monoisotopic (exact) mass is 436 g/mol. The molecule has 5 heteroatoms. The maximum Gasteiger partial charge on any atom is 0.262 e. The van der Waals surface area contributed by atoms with Crippen molar-refractivity contribution in [3.05, 3.63) is 115 Å². The molecule has 0 atom stereocenters. The van der Waals surface area contributed by atoms with Crippen molar-refractivity contribution in [2.75, 3.05) is 17.2 Å². The molecule has 0 aliphatic rings. The summed E-state index contributed by atoms with van der Waals surface area (Å²) in [5.41, 5.74) is 4.34. The number of hydrogen-bond acceptors (Lipinski definition) is 3. The summed E-state index contributed by atoms with van der Waals surface area (Å²) in [6, 6.07) is 34.2. The van der Waals surface area contributed by atoms with Crippen LogP contribution in [-0.2, 0) is 16.0 Å². The molecule has 2 amide bonds. The third-order valence-electron chi connectivity index (χ3n) is 4.97. The van der Waals surface area contributed by atoms with E-state index in [0.29, 0.717) is 17.1 Å². The summed E-state index contributed by atoms with van der Waals surface area (Å²) in [5, 5.41) is 5.66. The van der Waals surface area contributed by atoms with E-state index in [1.807, 2.05) is 84.9 Å². The second kappa shape index (κ2) is 10.8. The van der Waals surface area contributed by atoms with Gasteiger partial charge in [-0.15, -0.1) is 0 Å². The Morgan fingerprint density at radius 2 is 1.18 bits per heavy atom. The van der Waals surface area contributed by atoms with Gasteiger partial charge >= 0.3 is 0 Å². The van der Waals surface area contributed by atoms with Crippen LogP contribution in [0.15, 0.2) is 109 Å². The van der Waals surface area contributed by atoms with Gasteiger partial charge in [0.2, 0.25) is 5.91 Å². The highest BCUT2D eigenvalue weighted by Gasteiger charge is 2.07. The number of anilines is 2. The van der Waals surface area contributed by atoms with Crippen molar-refractivity contribution in [1.29, 1.82) is 0 Å². The van der Waals surface area contributed by atoms with E-state index in [1.165, 1.54) is 0 Å². The number of amides is 2. The maximum atomic E-state index is 12.3. The van der Waals surface area contributed by atoms with Gasteiger partial charge in [-0.25, -0.2) is 0 Å². The van der Waals surface area contributed by atoms with E-state index in [9.17, 15) is 9.59 Å². The first-order chi connectivity index (χ1) is 16.2. The summed E-state index contributed by atoms with van der Waals surface area (Å²) < 4.78 is 5.61. The van der Waals surface area contributed by atoms with Crippen molar-refractivity contribution in [1.82, 2.24) is 0 Å². The quantitative estimate of drug-likeness (QED) is 0.380. The molecule has 0 heterocycles. The Hall–Kier alpha value is -4.38. The molecule has 0 aromatic heterocycles. The number of hydrogen-bond donors (Lipinski definition) is 2. The molecule has 0 aliphatic carbocycles. The fourth-order valence-electron chi connectivity index (χ4n) is 3.38. The molecule has 0 radical (unpaired) electrons. The highest BCUT2D eigenvalue weighted by Crippen LogP contribution is 2.22. The van der Waals surface area contributed by atoms with Crippen LogP contribution < -0.4 is 15.4 Å². The molecule has 164 valence electrons. The molecule has 4 rings (SSSR count). The largest absolute Gasteiger partial charge is 0.484 e. The molecule has 0 unspecified atom stereocenters. The first kappa shape index (κ1) is 21.8. The predicted octanol–water partition coefficient (Wildman–Crippen LogP) is 5.55. The summed E-state index contributed by atoms with van der Waals surface area (Å²) in [7, 11) is 0. The molecular weight excluding hydrogens is 412 g/mol. The summed E-state index contributed by atoms with van der Waals surface area (Å²) >= 11 is 0. The van der Waals surface area contributed by atoms with Gasteiger partial charge in [0.15, 0.2) is 6.61 Å². The van der Waals surface area contributed by atoms with Gasteiger partial charge in [-0.1, -0.05) is 78.9 Å². The van der Waals surface area contributed by atoms with Gasteiger partial charge in [-0.05, 0) is 47.0 Å². The van der Waals surface area contributed by atoms with Crippen LogP contribution in [0.4, 0.5) is 11.4 Å². The zero-order valence-corrected chi connectivity index (χ0v) is 18.0. The molecule has 2 N–H and O–H groups in total. The van der Waals surface area contributed by atoms with Crippen molar-refractivity contribution in [3.63, 3.8) is 0 Å². The van der Waals surface area contributed by atoms with Crippen LogP contribution in [-0.4, -0.2) is 18.4 Å². The normalized spacial score (nSPS) is 10.3. The molecule has 0 saturated heterocycles. The molecule has 0 bridgehead atoms. The van der Waals surface area contributed by atoms with E-state index in [0.717, 1.165) is 16.7 Å². The zero-order chi connectivity index (χ0) is 22.9. The molecule has 0 fully saturated rings. The Kier molecular flexibility index (Phi) is 7.13. The van der Waals surface area contributed by atoms with Crippen LogP contribution in [0.3, 0.4) is 0 Å². The van der Waals surface area contributed by atoms with Crippen LogP contribution in [0.1, 0.15) is 5.56 Å². The SMILES string of the molecule is O=C(COc1ccc(-c2ccccc2)cc1)Nc1cccc(NC(=O)Cc2ccccc2)c1. The average Bonchev–Trinajstić information content (AvgIpc) is 2.84. The molecule has 0 aliphatic heterocycles. The number of nitrogens with one attached hydrogen (secondary N) is 2. The van der Waals surface area contributed by atoms with Crippen molar-refractivity contribution < 1.29 is 14.3 Å². The Morgan fingerprint density at radius 1 is 0.606 bits per heavy atom. The smallest absolute Gasteiger partial charge is 0.262 e. The van der Waals surface area contributed by atoms with E-state index in [1.54, 1.807) is 24.3 Å². The minimum atomic E-state index is -0.283. The fraction of sp³-hybridized carbons (Fsp3) is 0.0714. The molecule has 4 aromatic rings. The van der Waals surface area contributed by atoms with Crippen molar-refractivity contribution in [2.24, 2.45) is 0 Å². The lowest BCUT2D eigenvalue weighted by atomic mass is 10.1. The first-order valence-electron chi connectivity index (χ1n) is 10.7. The minimum Gasteiger partial charge on any atom is -0.484 e.